The first kappa shape index (κ1) is 18.8. The van der Waals surface area contributed by atoms with Crippen LogP contribution in [0, 0.1) is 0 Å². The van der Waals surface area contributed by atoms with Crippen molar-refractivity contribution in [1.29, 1.82) is 0 Å². The zero-order chi connectivity index (χ0) is 18.2. The quantitative estimate of drug-likeness (QED) is 0.660. The molecule has 1 saturated heterocycles. The summed E-state index contributed by atoms with van der Waals surface area (Å²) in [5.41, 5.74) is 0.929. The Kier molecular flexibility index (Phi) is 6.98. The third kappa shape index (κ3) is 5.03. The molecule has 1 fully saturated rings. The van der Waals surface area contributed by atoms with Crippen molar-refractivity contribution in [2.75, 3.05) is 32.6 Å². The summed E-state index contributed by atoms with van der Waals surface area (Å²) in [7, 11) is 1.65. The number of aromatic nitrogens is 4. The number of thioether (sulfide) groups is 1. The highest BCUT2D eigenvalue weighted by Crippen LogP contribution is 2.23. The van der Waals surface area contributed by atoms with Gasteiger partial charge in [0, 0.05) is 38.2 Å². The zero-order valence-electron chi connectivity index (χ0n) is 14.8. The number of pyridine rings is 1. The number of rotatable bonds is 9. The Bertz CT molecular complexity index is 704. The van der Waals surface area contributed by atoms with Crippen molar-refractivity contribution in [2.24, 2.45) is 0 Å². The largest absolute Gasteiger partial charge is 0.383 e. The van der Waals surface area contributed by atoms with E-state index >= 15 is 0 Å². The topological polar surface area (TPSA) is 91.2 Å². The third-order valence-electron chi connectivity index (χ3n) is 4.06. The molecule has 0 aliphatic carbocycles. The summed E-state index contributed by atoms with van der Waals surface area (Å²) >= 11 is 1.37. The molecule has 1 aliphatic heterocycles. The van der Waals surface area contributed by atoms with Crippen LogP contribution in [-0.2, 0) is 20.8 Å². The third-order valence-corrected chi connectivity index (χ3v) is 5.02. The molecule has 1 aliphatic rings. The first-order valence-electron chi connectivity index (χ1n) is 8.61. The maximum atomic E-state index is 12.1. The number of carbonyl (C=O) groups excluding carboxylic acids is 1. The van der Waals surface area contributed by atoms with Gasteiger partial charge in [0.2, 0.25) is 5.91 Å². The zero-order valence-corrected chi connectivity index (χ0v) is 15.6. The lowest BCUT2D eigenvalue weighted by molar-refractivity contribution is -0.119. The van der Waals surface area contributed by atoms with Gasteiger partial charge in [-0.05, 0) is 25.0 Å². The predicted octanol–water partition coefficient (Wildman–Crippen LogP) is 1.37. The lowest BCUT2D eigenvalue weighted by Crippen LogP contribution is -2.33. The van der Waals surface area contributed by atoms with Gasteiger partial charge in [-0.3, -0.25) is 14.3 Å². The molecule has 0 saturated carbocycles. The van der Waals surface area contributed by atoms with Gasteiger partial charge in [-0.1, -0.05) is 11.8 Å². The maximum Gasteiger partial charge on any atom is 0.230 e. The second-order valence-electron chi connectivity index (χ2n) is 5.91. The van der Waals surface area contributed by atoms with Crippen LogP contribution in [0.4, 0.5) is 0 Å². The molecular weight excluding hydrogens is 354 g/mol. The molecule has 8 nitrogen and oxygen atoms in total. The standard InChI is InChI=1S/C17H23N5O3S/c1-24-10-8-22-16(13-4-6-18-7-5-13)20-21-17(22)26-12-15(23)19-11-14-3-2-9-25-14/h4-7,14H,2-3,8-12H2,1H3,(H,19,23)/t14-/m1/s1. The summed E-state index contributed by atoms with van der Waals surface area (Å²) in [5.74, 6) is 0.998. The van der Waals surface area contributed by atoms with Crippen LogP contribution in [0.2, 0.25) is 0 Å². The van der Waals surface area contributed by atoms with Gasteiger partial charge in [0.05, 0.1) is 25.0 Å². The first-order chi connectivity index (χ1) is 12.8. The molecule has 0 unspecified atom stereocenters. The fraction of sp³-hybridized carbons (Fsp3) is 0.529. The average Bonchev–Trinajstić information content (AvgIpc) is 3.33. The minimum Gasteiger partial charge on any atom is -0.383 e. The van der Waals surface area contributed by atoms with Crippen molar-refractivity contribution in [3.8, 4) is 11.4 Å². The van der Waals surface area contributed by atoms with E-state index in [0.29, 0.717) is 24.9 Å². The average molecular weight is 377 g/mol. The minimum atomic E-state index is -0.0303. The van der Waals surface area contributed by atoms with E-state index < -0.39 is 0 Å². The Morgan fingerprint density at radius 2 is 2.27 bits per heavy atom. The van der Waals surface area contributed by atoms with Gasteiger partial charge in [-0.15, -0.1) is 10.2 Å². The van der Waals surface area contributed by atoms with E-state index in [2.05, 4.69) is 20.5 Å². The molecule has 1 amide bonds. The van der Waals surface area contributed by atoms with E-state index in [9.17, 15) is 4.79 Å². The monoisotopic (exact) mass is 377 g/mol. The number of nitrogens with one attached hydrogen (secondary N) is 1. The van der Waals surface area contributed by atoms with Gasteiger partial charge in [-0.2, -0.15) is 0 Å². The SMILES string of the molecule is COCCn1c(SCC(=O)NC[C@H]2CCCO2)nnc1-c1ccncc1. The van der Waals surface area contributed by atoms with Crippen LogP contribution < -0.4 is 5.32 Å². The van der Waals surface area contributed by atoms with Crippen molar-refractivity contribution in [3.63, 3.8) is 0 Å². The molecule has 0 radical (unpaired) electrons. The predicted molar refractivity (Wildman–Crippen MR) is 97.8 cm³/mol. The molecule has 0 spiro atoms. The Morgan fingerprint density at radius 1 is 1.42 bits per heavy atom. The van der Waals surface area contributed by atoms with Crippen molar-refractivity contribution >= 4 is 17.7 Å². The second kappa shape index (κ2) is 9.65. The molecule has 0 bridgehead atoms. The maximum absolute atomic E-state index is 12.1. The Morgan fingerprint density at radius 3 is 3.00 bits per heavy atom. The van der Waals surface area contributed by atoms with E-state index in [1.54, 1.807) is 19.5 Å². The van der Waals surface area contributed by atoms with Crippen LogP contribution in [-0.4, -0.2) is 64.4 Å². The van der Waals surface area contributed by atoms with Crippen molar-refractivity contribution in [2.45, 2.75) is 30.6 Å². The molecule has 140 valence electrons. The van der Waals surface area contributed by atoms with E-state index in [4.69, 9.17) is 9.47 Å². The molecular formula is C17H23N5O3S. The fourth-order valence-corrected chi connectivity index (χ4v) is 3.50. The highest BCUT2D eigenvalue weighted by molar-refractivity contribution is 7.99. The van der Waals surface area contributed by atoms with Crippen LogP contribution in [0.1, 0.15) is 12.8 Å². The summed E-state index contributed by atoms with van der Waals surface area (Å²) in [4.78, 5) is 16.1. The fourth-order valence-electron chi connectivity index (χ4n) is 2.71. The highest BCUT2D eigenvalue weighted by Gasteiger charge is 2.18. The molecule has 1 atom stereocenters. The lowest BCUT2D eigenvalue weighted by Gasteiger charge is -2.11. The molecule has 2 aromatic heterocycles. The Balaban J connectivity index is 1.61. The van der Waals surface area contributed by atoms with Crippen molar-refractivity contribution < 1.29 is 14.3 Å². The number of ether oxygens (including phenoxy) is 2. The smallest absolute Gasteiger partial charge is 0.230 e. The lowest BCUT2D eigenvalue weighted by atomic mass is 10.2. The van der Waals surface area contributed by atoms with Gasteiger partial charge in [-0.25, -0.2) is 0 Å². The van der Waals surface area contributed by atoms with Crippen molar-refractivity contribution in [1.82, 2.24) is 25.1 Å². The molecule has 26 heavy (non-hydrogen) atoms. The normalized spacial score (nSPS) is 16.7. The van der Waals surface area contributed by atoms with Gasteiger partial charge in [0.1, 0.15) is 0 Å². The van der Waals surface area contributed by atoms with E-state index in [1.165, 1.54) is 11.8 Å². The van der Waals surface area contributed by atoms with E-state index in [-0.39, 0.29) is 17.8 Å². The summed E-state index contributed by atoms with van der Waals surface area (Å²) in [6, 6.07) is 3.77. The minimum absolute atomic E-state index is 0.0303. The van der Waals surface area contributed by atoms with E-state index in [0.717, 1.165) is 30.8 Å². The summed E-state index contributed by atoms with van der Waals surface area (Å²) in [6.45, 7) is 2.50. The van der Waals surface area contributed by atoms with Crippen LogP contribution in [0.3, 0.4) is 0 Å². The number of methoxy groups -OCH3 is 1. The first-order valence-corrected chi connectivity index (χ1v) is 9.60. The van der Waals surface area contributed by atoms with Crippen LogP contribution >= 0.6 is 11.8 Å². The van der Waals surface area contributed by atoms with Crippen LogP contribution in [0.15, 0.2) is 29.7 Å². The summed E-state index contributed by atoms with van der Waals surface area (Å²) < 4.78 is 12.7. The van der Waals surface area contributed by atoms with Gasteiger partial charge in [0.25, 0.3) is 0 Å². The van der Waals surface area contributed by atoms with Crippen LogP contribution in [0.5, 0.6) is 0 Å². The molecule has 3 rings (SSSR count). The Labute approximate surface area is 156 Å². The molecule has 3 heterocycles. The molecule has 9 heteroatoms. The van der Waals surface area contributed by atoms with Gasteiger partial charge >= 0.3 is 0 Å². The van der Waals surface area contributed by atoms with Gasteiger partial charge in [0.15, 0.2) is 11.0 Å². The summed E-state index contributed by atoms with van der Waals surface area (Å²) in [6.07, 6.45) is 5.66. The number of carbonyl (C=O) groups is 1. The van der Waals surface area contributed by atoms with Gasteiger partial charge < -0.3 is 14.8 Å². The molecule has 2 aromatic rings. The number of hydrogen-bond donors (Lipinski definition) is 1. The van der Waals surface area contributed by atoms with Crippen LogP contribution in [0.25, 0.3) is 11.4 Å². The highest BCUT2D eigenvalue weighted by atomic mass is 32.2. The molecule has 1 N–H and O–H groups in total. The Hall–Kier alpha value is -1.97. The number of amides is 1. The number of hydrogen-bond acceptors (Lipinski definition) is 7. The van der Waals surface area contributed by atoms with E-state index in [1.807, 2.05) is 16.7 Å². The number of nitrogens with zero attached hydrogens (tertiary/aromatic N) is 4. The van der Waals surface area contributed by atoms with Crippen molar-refractivity contribution in [3.05, 3.63) is 24.5 Å². The second-order valence-corrected chi connectivity index (χ2v) is 6.86. The molecule has 0 aromatic carbocycles. The summed E-state index contributed by atoms with van der Waals surface area (Å²) in [5, 5.41) is 12.1.